The molecule has 0 saturated carbocycles. The highest BCUT2D eigenvalue weighted by atomic mass is 16.6. The van der Waals surface area contributed by atoms with E-state index in [1.807, 2.05) is 0 Å². The van der Waals surface area contributed by atoms with Crippen LogP contribution in [0.2, 0.25) is 0 Å². The molecule has 1 rings (SSSR count). The third-order valence-electron chi connectivity index (χ3n) is 2.33. The van der Waals surface area contributed by atoms with Crippen LogP contribution >= 0.6 is 0 Å². The average molecular weight is 183 g/mol. The smallest absolute Gasteiger partial charge is 0.258 e. The van der Waals surface area contributed by atoms with Gasteiger partial charge in [0.15, 0.2) is 0 Å². The first-order chi connectivity index (χ1) is 5.92. The van der Waals surface area contributed by atoms with E-state index >= 15 is 0 Å². The Morgan fingerprint density at radius 1 is 1.38 bits per heavy atom. The molecule has 0 bridgehead atoms. The highest BCUT2D eigenvalue weighted by Crippen LogP contribution is 2.26. The molecule has 0 radical (unpaired) electrons. The van der Waals surface area contributed by atoms with Gasteiger partial charge in [-0.15, -0.1) is 0 Å². The molecule has 0 spiro atoms. The van der Waals surface area contributed by atoms with E-state index in [0.717, 1.165) is 0 Å². The zero-order valence-electron chi connectivity index (χ0n) is 7.73. The second kappa shape index (κ2) is 2.96. The summed E-state index contributed by atoms with van der Waals surface area (Å²) >= 11 is 0. The molecule has 13 heavy (non-hydrogen) atoms. The summed E-state index contributed by atoms with van der Waals surface area (Å²) in [5.41, 5.74) is -2.17. The quantitative estimate of drug-likeness (QED) is 0.398. The summed E-state index contributed by atoms with van der Waals surface area (Å²) in [6.07, 6.45) is 6.21. The summed E-state index contributed by atoms with van der Waals surface area (Å²) in [5.74, 6) is 0. The molecule has 0 aromatic carbocycles. The van der Waals surface area contributed by atoms with Crippen LogP contribution in [0.25, 0.3) is 0 Å². The van der Waals surface area contributed by atoms with Crippen molar-refractivity contribution < 1.29 is 10.0 Å². The van der Waals surface area contributed by atoms with E-state index in [-0.39, 0.29) is 4.92 Å². The lowest BCUT2D eigenvalue weighted by Crippen LogP contribution is -2.37. The summed E-state index contributed by atoms with van der Waals surface area (Å²) in [4.78, 5) is 10.4. The van der Waals surface area contributed by atoms with Crippen molar-refractivity contribution in [3.63, 3.8) is 0 Å². The van der Waals surface area contributed by atoms with Gasteiger partial charge in [-0.05, 0) is 31.2 Å². The number of hydrogen-bond acceptors (Lipinski definition) is 3. The van der Waals surface area contributed by atoms with Crippen LogP contribution in [0.1, 0.15) is 20.3 Å². The summed E-state index contributed by atoms with van der Waals surface area (Å²) in [6.45, 7) is 3.33. The van der Waals surface area contributed by atoms with Gasteiger partial charge in [-0.2, -0.15) is 0 Å². The standard InChI is InChI=1S/C9H13NO3/c1-3-9(10(12)13)6-4-8(2,11)5-7-9/h4-7,11H,3H2,1-2H3. The van der Waals surface area contributed by atoms with Gasteiger partial charge >= 0.3 is 0 Å². The van der Waals surface area contributed by atoms with Crippen LogP contribution in [-0.2, 0) is 0 Å². The van der Waals surface area contributed by atoms with Crippen LogP contribution in [-0.4, -0.2) is 21.2 Å². The molecule has 0 saturated heterocycles. The van der Waals surface area contributed by atoms with Gasteiger partial charge < -0.3 is 5.11 Å². The van der Waals surface area contributed by atoms with Gasteiger partial charge in [0, 0.05) is 11.3 Å². The first-order valence-corrected chi connectivity index (χ1v) is 4.19. The lowest BCUT2D eigenvalue weighted by molar-refractivity contribution is -0.541. The maximum atomic E-state index is 10.7. The van der Waals surface area contributed by atoms with Crippen LogP contribution in [0.3, 0.4) is 0 Å². The number of rotatable bonds is 2. The Morgan fingerprint density at radius 2 is 1.85 bits per heavy atom. The number of nitro groups is 1. The van der Waals surface area contributed by atoms with Crippen molar-refractivity contribution in [1.82, 2.24) is 0 Å². The van der Waals surface area contributed by atoms with Crippen LogP contribution in [0.15, 0.2) is 24.3 Å². The summed E-state index contributed by atoms with van der Waals surface area (Å²) in [5, 5.41) is 20.2. The Morgan fingerprint density at radius 3 is 2.15 bits per heavy atom. The van der Waals surface area contributed by atoms with Gasteiger partial charge in [-0.1, -0.05) is 6.92 Å². The lowest BCUT2D eigenvalue weighted by Gasteiger charge is -2.24. The predicted octanol–water partition coefficient (Wildman–Crippen LogP) is 1.29. The predicted molar refractivity (Wildman–Crippen MR) is 48.9 cm³/mol. The molecule has 0 aromatic rings. The maximum Gasteiger partial charge on any atom is 0.258 e. The van der Waals surface area contributed by atoms with E-state index in [4.69, 9.17) is 0 Å². The van der Waals surface area contributed by atoms with E-state index < -0.39 is 11.1 Å². The zero-order valence-corrected chi connectivity index (χ0v) is 7.73. The fraction of sp³-hybridized carbons (Fsp3) is 0.556. The molecule has 0 aliphatic heterocycles. The van der Waals surface area contributed by atoms with Crippen molar-refractivity contribution in [2.24, 2.45) is 0 Å². The molecule has 4 heteroatoms. The first-order valence-electron chi connectivity index (χ1n) is 4.19. The molecule has 0 amide bonds. The van der Waals surface area contributed by atoms with Gasteiger partial charge in [-0.3, -0.25) is 10.1 Å². The highest BCUT2D eigenvalue weighted by Gasteiger charge is 2.38. The Kier molecular flexibility index (Phi) is 2.26. The van der Waals surface area contributed by atoms with Crippen LogP contribution in [0, 0.1) is 10.1 Å². The molecule has 1 aliphatic rings. The van der Waals surface area contributed by atoms with E-state index in [1.54, 1.807) is 13.8 Å². The molecule has 4 nitrogen and oxygen atoms in total. The van der Waals surface area contributed by atoms with Crippen molar-refractivity contribution in [2.75, 3.05) is 0 Å². The third-order valence-corrected chi connectivity index (χ3v) is 2.33. The number of hydrogen-bond donors (Lipinski definition) is 1. The van der Waals surface area contributed by atoms with Gasteiger partial charge in [0.2, 0.25) is 0 Å². The second-order valence-electron chi connectivity index (χ2n) is 3.49. The molecule has 0 atom stereocenters. The van der Waals surface area contributed by atoms with Gasteiger partial charge in [0.1, 0.15) is 0 Å². The van der Waals surface area contributed by atoms with Crippen molar-refractivity contribution in [1.29, 1.82) is 0 Å². The fourth-order valence-corrected chi connectivity index (χ4v) is 1.22. The molecule has 0 heterocycles. The van der Waals surface area contributed by atoms with E-state index in [9.17, 15) is 15.2 Å². The molecule has 72 valence electrons. The minimum absolute atomic E-state index is 0.338. The minimum Gasteiger partial charge on any atom is -0.382 e. The van der Waals surface area contributed by atoms with E-state index in [2.05, 4.69) is 0 Å². The van der Waals surface area contributed by atoms with Crippen molar-refractivity contribution in [3.05, 3.63) is 34.4 Å². The second-order valence-corrected chi connectivity index (χ2v) is 3.49. The maximum absolute atomic E-state index is 10.7. The Balaban J connectivity index is 2.98. The van der Waals surface area contributed by atoms with E-state index in [1.165, 1.54) is 24.3 Å². The Bertz CT molecular complexity index is 263. The molecule has 1 N–H and O–H groups in total. The highest BCUT2D eigenvalue weighted by molar-refractivity contribution is 5.27. The monoisotopic (exact) mass is 183 g/mol. The summed E-state index contributed by atoms with van der Waals surface area (Å²) in [7, 11) is 0. The molecule has 0 fully saturated rings. The largest absolute Gasteiger partial charge is 0.382 e. The summed E-state index contributed by atoms with van der Waals surface area (Å²) < 4.78 is 0. The normalized spacial score (nSPS) is 37.8. The fourth-order valence-electron chi connectivity index (χ4n) is 1.22. The molecular weight excluding hydrogens is 170 g/mol. The number of nitrogens with zero attached hydrogens (tertiary/aromatic N) is 1. The molecule has 0 unspecified atom stereocenters. The van der Waals surface area contributed by atoms with Gasteiger partial charge in [0.05, 0.1) is 5.60 Å². The van der Waals surface area contributed by atoms with Crippen LogP contribution in [0.4, 0.5) is 0 Å². The minimum atomic E-state index is -1.12. The van der Waals surface area contributed by atoms with Crippen molar-refractivity contribution in [3.8, 4) is 0 Å². The zero-order chi connectivity index (χ0) is 10.1. The molecule has 1 aliphatic carbocycles. The van der Waals surface area contributed by atoms with Crippen LogP contribution in [0.5, 0.6) is 0 Å². The SMILES string of the molecule is CCC1([N+](=O)[O-])C=CC(C)(O)C=C1. The van der Waals surface area contributed by atoms with Crippen molar-refractivity contribution in [2.45, 2.75) is 31.4 Å². The number of aliphatic hydroxyl groups is 1. The Hall–Kier alpha value is -1.16. The van der Waals surface area contributed by atoms with E-state index in [0.29, 0.717) is 6.42 Å². The average Bonchev–Trinajstić information content (AvgIpc) is 2.05. The molecule has 0 aromatic heterocycles. The Labute approximate surface area is 76.7 Å². The third kappa shape index (κ3) is 1.78. The van der Waals surface area contributed by atoms with Gasteiger partial charge in [-0.25, -0.2) is 0 Å². The summed E-state index contributed by atoms with van der Waals surface area (Å²) in [6, 6.07) is 0. The molecular formula is C9H13NO3. The topological polar surface area (TPSA) is 63.4 Å². The van der Waals surface area contributed by atoms with Crippen molar-refractivity contribution >= 4 is 0 Å². The lowest BCUT2D eigenvalue weighted by atomic mass is 9.87. The van der Waals surface area contributed by atoms with Crippen LogP contribution < -0.4 is 0 Å². The first kappa shape index (κ1) is 9.92. The van der Waals surface area contributed by atoms with Gasteiger partial charge in [0.25, 0.3) is 5.54 Å².